The predicted octanol–water partition coefficient (Wildman–Crippen LogP) is 1.31. The van der Waals surface area contributed by atoms with Gasteiger partial charge in [0.15, 0.2) is 11.5 Å². The second-order valence-corrected chi connectivity index (χ2v) is 4.80. The van der Waals surface area contributed by atoms with Crippen molar-refractivity contribution >= 4 is 26.1 Å². The van der Waals surface area contributed by atoms with Gasteiger partial charge in [0, 0.05) is 0 Å². The summed E-state index contributed by atoms with van der Waals surface area (Å²) >= 11 is 1.23. The van der Waals surface area contributed by atoms with E-state index in [2.05, 4.69) is 24.3 Å². The van der Waals surface area contributed by atoms with E-state index in [1.165, 1.54) is 38.2 Å². The topological polar surface area (TPSA) is 40.5 Å². The van der Waals surface area contributed by atoms with E-state index in [1.54, 1.807) is 12.1 Å². The third-order valence-corrected chi connectivity index (χ3v) is 2.78. The molecule has 2 aromatic rings. The number of para-hydroxylation sites is 2. The first-order valence-corrected chi connectivity index (χ1v) is 6.12. The molecule has 15 heavy (non-hydrogen) atoms. The van der Waals surface area contributed by atoms with E-state index in [9.17, 15) is 0 Å². The molecule has 2 N–H and O–H groups in total. The number of aromatic hydroxyl groups is 2. The van der Waals surface area contributed by atoms with Gasteiger partial charge in [-0.25, -0.2) is 0 Å². The third-order valence-electron chi connectivity index (χ3n) is 1.68. The summed E-state index contributed by atoms with van der Waals surface area (Å²) in [7, 11) is 0. The Labute approximate surface area is 102 Å². The Morgan fingerprint density at radius 3 is 1.33 bits per heavy atom. The first-order chi connectivity index (χ1) is 7.20. The Hall–Kier alpha value is -1.16. The summed E-state index contributed by atoms with van der Waals surface area (Å²) in [6, 6.07) is 16.6. The summed E-state index contributed by atoms with van der Waals surface area (Å²) in [5.41, 5.74) is 0. The number of hydrogen-bond donors (Lipinski definition) is 2. The second-order valence-electron chi connectivity index (χ2n) is 2.90. The normalized spacial score (nSPS) is 8.87. The van der Waals surface area contributed by atoms with Gasteiger partial charge in [0.25, 0.3) is 0 Å². The van der Waals surface area contributed by atoms with Crippen LogP contribution >= 0.6 is 0 Å². The van der Waals surface area contributed by atoms with Gasteiger partial charge in [-0.3, -0.25) is 0 Å². The summed E-state index contributed by atoms with van der Waals surface area (Å²) < 4.78 is 1.45. The van der Waals surface area contributed by atoms with Crippen molar-refractivity contribution in [3.05, 3.63) is 54.6 Å². The fraction of sp³-hybridized carbons (Fsp3) is 0. The molecule has 2 nitrogen and oxygen atoms in total. The van der Waals surface area contributed by atoms with Gasteiger partial charge in [0.2, 0.25) is 0 Å². The molecule has 0 aliphatic rings. The molecule has 0 spiro atoms. The van der Waals surface area contributed by atoms with Gasteiger partial charge in [0.1, 0.15) is 0 Å². The van der Waals surface area contributed by atoms with Crippen LogP contribution in [0.4, 0.5) is 0 Å². The molecular formula is C12H12O2Sn. The minimum atomic E-state index is -0.0764. The van der Waals surface area contributed by atoms with Gasteiger partial charge in [-0.05, 0) is 12.1 Å². The average molecular weight is 307 g/mol. The van der Waals surface area contributed by atoms with Gasteiger partial charge in [-0.15, -0.1) is 0 Å². The molecule has 0 aliphatic heterocycles. The zero-order chi connectivity index (χ0) is 11.1. The zero-order valence-electron chi connectivity index (χ0n) is 8.17. The van der Waals surface area contributed by atoms with E-state index >= 15 is 0 Å². The van der Waals surface area contributed by atoms with Crippen molar-refractivity contribution in [2.24, 2.45) is 0 Å². The Morgan fingerprint density at radius 1 is 0.667 bits per heavy atom. The molecule has 0 fully saturated rings. The van der Waals surface area contributed by atoms with E-state index < -0.39 is 0 Å². The van der Waals surface area contributed by atoms with Crippen LogP contribution in [-0.4, -0.2) is 32.7 Å². The fourth-order valence-electron chi connectivity index (χ4n) is 0.917. The van der Waals surface area contributed by atoms with Crippen LogP contribution in [0, 0.1) is 0 Å². The van der Waals surface area contributed by atoms with Gasteiger partial charge >= 0.3 is 56.4 Å². The van der Waals surface area contributed by atoms with Gasteiger partial charge in [-0.1, -0.05) is 12.1 Å². The molecule has 0 saturated heterocycles. The van der Waals surface area contributed by atoms with E-state index in [0.29, 0.717) is 0 Å². The van der Waals surface area contributed by atoms with Crippen LogP contribution in [0.3, 0.4) is 0 Å². The number of hydrogen-bond acceptors (Lipinski definition) is 2. The predicted molar refractivity (Wildman–Crippen MR) is 63.0 cm³/mol. The summed E-state index contributed by atoms with van der Waals surface area (Å²) in [6.07, 6.45) is 0. The Kier molecular flexibility index (Phi) is 5.04. The van der Waals surface area contributed by atoms with Crippen LogP contribution in [0.5, 0.6) is 11.5 Å². The number of rotatable bonds is 0. The molecule has 2 radical (unpaired) electrons. The molecule has 0 heterocycles. The molecule has 0 aromatic heterocycles. The molecule has 3 heteroatoms. The number of phenolic OH excluding ortho intramolecular Hbond substituents is 2. The molecular weight excluding hydrogens is 295 g/mol. The van der Waals surface area contributed by atoms with Gasteiger partial charge in [-0.2, -0.15) is 0 Å². The second kappa shape index (κ2) is 6.35. The molecule has 2 aromatic carbocycles. The minimum absolute atomic E-state index is 0.0764. The Morgan fingerprint density at radius 2 is 1.07 bits per heavy atom. The summed E-state index contributed by atoms with van der Waals surface area (Å²) in [4.78, 5) is 0. The summed E-state index contributed by atoms with van der Waals surface area (Å²) in [6.45, 7) is 0. The van der Waals surface area contributed by atoms with Crippen molar-refractivity contribution < 1.29 is 10.2 Å². The Bertz CT molecular complexity index is 380. The first kappa shape index (κ1) is 11.9. The fourth-order valence-corrected chi connectivity index (χ4v) is 1.55. The van der Waals surface area contributed by atoms with Crippen molar-refractivity contribution in [1.82, 2.24) is 0 Å². The summed E-state index contributed by atoms with van der Waals surface area (Å²) in [5, 5.41) is 17.3. The maximum atomic E-state index is 8.67. The molecule has 0 amide bonds. The van der Waals surface area contributed by atoms with Crippen molar-refractivity contribution in [2.45, 2.75) is 0 Å². The molecule has 0 saturated carbocycles. The quantitative estimate of drug-likeness (QED) is 0.569. The van der Waals surface area contributed by atoms with Crippen LogP contribution in [0.2, 0.25) is 0 Å². The van der Waals surface area contributed by atoms with Gasteiger partial charge in [0.05, 0.1) is 0 Å². The van der Waals surface area contributed by atoms with Crippen LogP contribution in [-0.2, 0) is 0 Å². The standard InChI is InChI=1S/C6H6O2.C6H5.Sn.H/c7-5-3-1-2-4-6(5)8;1-2-4-6-5-3-1;;/h1-4,7-8H;1-5H;;. The van der Waals surface area contributed by atoms with Crippen LogP contribution in [0.1, 0.15) is 0 Å². The molecule has 0 bridgehead atoms. The van der Waals surface area contributed by atoms with Crippen LogP contribution in [0.25, 0.3) is 0 Å². The van der Waals surface area contributed by atoms with Crippen molar-refractivity contribution in [3.63, 3.8) is 0 Å². The molecule has 0 atom stereocenters. The molecule has 0 unspecified atom stereocenters. The van der Waals surface area contributed by atoms with E-state index in [1.807, 2.05) is 6.07 Å². The van der Waals surface area contributed by atoms with E-state index in [4.69, 9.17) is 10.2 Å². The molecule has 2 rings (SSSR count). The molecule has 76 valence electrons. The monoisotopic (exact) mass is 308 g/mol. The van der Waals surface area contributed by atoms with Gasteiger partial charge < -0.3 is 10.2 Å². The average Bonchev–Trinajstić information content (AvgIpc) is 2.25. The van der Waals surface area contributed by atoms with Crippen molar-refractivity contribution in [2.75, 3.05) is 0 Å². The number of benzene rings is 2. The first-order valence-electron chi connectivity index (χ1n) is 4.47. The number of phenols is 2. The van der Waals surface area contributed by atoms with Crippen LogP contribution < -0.4 is 3.58 Å². The maximum absolute atomic E-state index is 8.67. The Balaban J connectivity index is 0.000000151. The molecule has 0 aliphatic carbocycles. The van der Waals surface area contributed by atoms with E-state index in [-0.39, 0.29) is 11.5 Å². The third kappa shape index (κ3) is 4.74. The summed E-state index contributed by atoms with van der Waals surface area (Å²) in [5.74, 6) is -0.153. The van der Waals surface area contributed by atoms with E-state index in [0.717, 1.165) is 0 Å². The SMILES string of the molecule is Oc1ccccc1O.[SnH][c]1ccccc1. The van der Waals surface area contributed by atoms with Crippen LogP contribution in [0.15, 0.2) is 54.6 Å². The zero-order valence-corrected chi connectivity index (χ0v) is 11.5. The van der Waals surface area contributed by atoms with Crippen molar-refractivity contribution in [3.8, 4) is 11.5 Å². The van der Waals surface area contributed by atoms with Crippen molar-refractivity contribution in [1.29, 1.82) is 0 Å².